The minimum atomic E-state index is -0.166. The molecule has 1 N–H and O–H groups in total. The van der Waals surface area contributed by atoms with Gasteiger partial charge >= 0.3 is 0 Å². The van der Waals surface area contributed by atoms with E-state index in [1.165, 1.54) is 5.56 Å². The lowest BCUT2D eigenvalue weighted by molar-refractivity contribution is -0.119. The molecule has 2 aromatic carbocycles. The molecule has 0 saturated carbocycles. The van der Waals surface area contributed by atoms with E-state index in [2.05, 4.69) is 22.4 Å². The number of hydrogen-bond acceptors (Lipinski definition) is 3. The van der Waals surface area contributed by atoms with Crippen LogP contribution in [0.3, 0.4) is 0 Å². The SMILES string of the molecule is Cc1ccc(-c2cc(C(=O)NCc3ccc(C)nc3)cc(N3CCCCC3=O)c2)cc1. The molecule has 0 unspecified atom stereocenters. The number of aromatic nitrogens is 1. The van der Waals surface area contributed by atoms with Gasteiger partial charge in [0.05, 0.1) is 0 Å². The first kappa shape index (κ1) is 20.8. The summed E-state index contributed by atoms with van der Waals surface area (Å²) in [6, 6.07) is 17.8. The molecule has 0 spiro atoms. The van der Waals surface area contributed by atoms with Crippen molar-refractivity contribution in [2.24, 2.45) is 0 Å². The first-order valence-corrected chi connectivity index (χ1v) is 10.7. The topological polar surface area (TPSA) is 62.3 Å². The second-order valence-corrected chi connectivity index (χ2v) is 8.13. The Kier molecular flexibility index (Phi) is 6.12. The molecule has 5 nitrogen and oxygen atoms in total. The third kappa shape index (κ3) is 5.00. The molecule has 158 valence electrons. The van der Waals surface area contributed by atoms with Gasteiger partial charge in [-0.05, 0) is 67.6 Å². The number of pyridine rings is 1. The van der Waals surface area contributed by atoms with Crippen molar-refractivity contribution in [2.75, 3.05) is 11.4 Å². The minimum absolute atomic E-state index is 0.115. The van der Waals surface area contributed by atoms with Crippen molar-refractivity contribution >= 4 is 17.5 Å². The van der Waals surface area contributed by atoms with E-state index in [9.17, 15) is 9.59 Å². The van der Waals surface area contributed by atoms with Crippen molar-refractivity contribution < 1.29 is 9.59 Å². The van der Waals surface area contributed by atoms with Gasteiger partial charge in [0.25, 0.3) is 5.91 Å². The van der Waals surface area contributed by atoms with Crippen molar-refractivity contribution in [1.82, 2.24) is 10.3 Å². The van der Waals surface area contributed by atoms with Gasteiger partial charge < -0.3 is 10.2 Å². The average molecular weight is 414 g/mol. The van der Waals surface area contributed by atoms with Gasteiger partial charge in [0, 0.05) is 42.7 Å². The lowest BCUT2D eigenvalue weighted by Crippen LogP contribution is -2.35. The second kappa shape index (κ2) is 9.13. The summed E-state index contributed by atoms with van der Waals surface area (Å²) in [6.45, 7) is 5.07. The van der Waals surface area contributed by atoms with Gasteiger partial charge in [-0.25, -0.2) is 0 Å². The first-order chi connectivity index (χ1) is 15.0. The van der Waals surface area contributed by atoms with Gasteiger partial charge in [-0.1, -0.05) is 35.9 Å². The molecule has 1 fully saturated rings. The number of carbonyl (C=O) groups is 2. The highest BCUT2D eigenvalue weighted by atomic mass is 16.2. The molecule has 0 bridgehead atoms. The van der Waals surface area contributed by atoms with E-state index in [1.807, 2.05) is 61.2 Å². The van der Waals surface area contributed by atoms with Crippen LogP contribution in [0.1, 0.15) is 46.4 Å². The van der Waals surface area contributed by atoms with E-state index in [0.29, 0.717) is 25.1 Å². The van der Waals surface area contributed by atoms with Crippen LogP contribution in [-0.4, -0.2) is 23.3 Å². The number of nitrogens with zero attached hydrogens (tertiary/aromatic N) is 2. The highest BCUT2D eigenvalue weighted by Gasteiger charge is 2.21. The summed E-state index contributed by atoms with van der Waals surface area (Å²) in [4.78, 5) is 31.6. The summed E-state index contributed by atoms with van der Waals surface area (Å²) in [5.74, 6) is -0.0513. The Labute approximate surface area is 183 Å². The molecule has 31 heavy (non-hydrogen) atoms. The highest BCUT2D eigenvalue weighted by molar-refractivity contribution is 6.00. The van der Waals surface area contributed by atoms with Crippen LogP contribution in [0.4, 0.5) is 5.69 Å². The summed E-state index contributed by atoms with van der Waals surface area (Å²) >= 11 is 0. The predicted molar refractivity (Wildman–Crippen MR) is 123 cm³/mol. The maximum atomic E-state index is 13.0. The summed E-state index contributed by atoms with van der Waals surface area (Å²) in [7, 11) is 0. The lowest BCUT2D eigenvalue weighted by Gasteiger charge is -2.27. The molecule has 1 aromatic heterocycles. The molecule has 0 atom stereocenters. The molecule has 5 heteroatoms. The molecule has 2 heterocycles. The molecule has 0 aliphatic carbocycles. The Bertz CT molecular complexity index is 1090. The van der Waals surface area contributed by atoms with Crippen molar-refractivity contribution in [1.29, 1.82) is 0 Å². The van der Waals surface area contributed by atoms with Crippen molar-refractivity contribution in [2.45, 2.75) is 39.7 Å². The van der Waals surface area contributed by atoms with E-state index in [0.717, 1.165) is 40.9 Å². The molecule has 1 aliphatic heterocycles. The van der Waals surface area contributed by atoms with Crippen LogP contribution in [0.2, 0.25) is 0 Å². The summed E-state index contributed by atoms with van der Waals surface area (Å²) in [5, 5.41) is 2.98. The quantitative estimate of drug-likeness (QED) is 0.653. The van der Waals surface area contributed by atoms with E-state index < -0.39 is 0 Å². The fraction of sp³-hybridized carbons (Fsp3) is 0.269. The van der Waals surface area contributed by atoms with Crippen LogP contribution in [0.25, 0.3) is 11.1 Å². The molecule has 2 amide bonds. The molecular formula is C26H27N3O2. The fourth-order valence-corrected chi connectivity index (χ4v) is 3.78. The molecular weight excluding hydrogens is 386 g/mol. The maximum absolute atomic E-state index is 13.0. The normalized spacial score (nSPS) is 13.9. The third-order valence-electron chi connectivity index (χ3n) is 5.63. The lowest BCUT2D eigenvalue weighted by atomic mass is 9.99. The van der Waals surface area contributed by atoms with Crippen molar-refractivity contribution in [3.63, 3.8) is 0 Å². The van der Waals surface area contributed by atoms with E-state index in [-0.39, 0.29) is 11.8 Å². The smallest absolute Gasteiger partial charge is 0.251 e. The Morgan fingerprint density at radius 1 is 1.00 bits per heavy atom. The number of aryl methyl sites for hydroxylation is 2. The minimum Gasteiger partial charge on any atom is -0.348 e. The van der Waals surface area contributed by atoms with E-state index in [1.54, 1.807) is 6.20 Å². The monoisotopic (exact) mass is 413 g/mol. The number of anilines is 1. The van der Waals surface area contributed by atoms with Gasteiger partial charge in [-0.15, -0.1) is 0 Å². The van der Waals surface area contributed by atoms with Crippen LogP contribution >= 0.6 is 0 Å². The number of hydrogen-bond donors (Lipinski definition) is 1. The predicted octanol–water partition coefficient (Wildman–Crippen LogP) is 4.81. The number of nitrogens with one attached hydrogen (secondary N) is 1. The zero-order valence-electron chi connectivity index (χ0n) is 18.0. The Morgan fingerprint density at radius 3 is 2.52 bits per heavy atom. The van der Waals surface area contributed by atoms with Crippen LogP contribution in [0.15, 0.2) is 60.8 Å². The van der Waals surface area contributed by atoms with Crippen molar-refractivity contribution in [3.8, 4) is 11.1 Å². The average Bonchev–Trinajstić information content (AvgIpc) is 2.79. The zero-order valence-corrected chi connectivity index (χ0v) is 18.0. The van der Waals surface area contributed by atoms with Crippen LogP contribution < -0.4 is 10.2 Å². The highest BCUT2D eigenvalue weighted by Crippen LogP contribution is 2.29. The van der Waals surface area contributed by atoms with E-state index >= 15 is 0 Å². The standard InChI is InChI=1S/C26H27N3O2/c1-18-6-10-21(11-7-18)22-13-23(15-24(14-22)29-12-4-3-5-25(29)30)26(31)28-17-20-9-8-19(2)27-16-20/h6-11,13-16H,3-5,12,17H2,1-2H3,(H,28,31). The number of benzene rings is 2. The first-order valence-electron chi connectivity index (χ1n) is 10.7. The summed E-state index contributed by atoms with van der Waals surface area (Å²) in [6.07, 6.45) is 4.22. The molecule has 3 aromatic rings. The molecule has 1 aliphatic rings. The number of piperidine rings is 1. The number of carbonyl (C=O) groups excluding carboxylic acids is 2. The second-order valence-electron chi connectivity index (χ2n) is 8.13. The number of rotatable bonds is 5. The van der Waals surface area contributed by atoms with Crippen molar-refractivity contribution in [3.05, 3.63) is 83.2 Å². The van der Waals surface area contributed by atoms with Gasteiger partial charge in [-0.3, -0.25) is 14.6 Å². The molecule has 0 radical (unpaired) electrons. The van der Waals surface area contributed by atoms with Crippen LogP contribution in [-0.2, 0) is 11.3 Å². The summed E-state index contributed by atoms with van der Waals surface area (Å²) in [5.41, 5.74) is 6.34. The van der Waals surface area contributed by atoms with Gasteiger partial charge in [0.1, 0.15) is 0 Å². The Balaban J connectivity index is 1.64. The van der Waals surface area contributed by atoms with Crippen LogP contribution in [0.5, 0.6) is 0 Å². The third-order valence-corrected chi connectivity index (χ3v) is 5.63. The van der Waals surface area contributed by atoms with Gasteiger partial charge in [0.2, 0.25) is 5.91 Å². The Morgan fingerprint density at radius 2 is 1.81 bits per heavy atom. The zero-order chi connectivity index (χ0) is 21.8. The molecule has 1 saturated heterocycles. The van der Waals surface area contributed by atoms with Gasteiger partial charge in [-0.2, -0.15) is 0 Å². The maximum Gasteiger partial charge on any atom is 0.251 e. The Hall–Kier alpha value is -3.47. The van der Waals surface area contributed by atoms with E-state index in [4.69, 9.17) is 0 Å². The van der Waals surface area contributed by atoms with Gasteiger partial charge in [0.15, 0.2) is 0 Å². The fourth-order valence-electron chi connectivity index (χ4n) is 3.78. The summed E-state index contributed by atoms with van der Waals surface area (Å²) < 4.78 is 0. The number of amides is 2. The molecule has 4 rings (SSSR count). The largest absolute Gasteiger partial charge is 0.348 e. The van der Waals surface area contributed by atoms with Crippen LogP contribution in [0, 0.1) is 13.8 Å².